The van der Waals surface area contributed by atoms with Gasteiger partial charge in [-0.15, -0.1) is 0 Å². The fourth-order valence-electron chi connectivity index (χ4n) is 3.40. The van der Waals surface area contributed by atoms with E-state index < -0.39 is 0 Å². The van der Waals surface area contributed by atoms with Crippen LogP contribution in [0.1, 0.15) is 30.9 Å². The van der Waals surface area contributed by atoms with E-state index in [2.05, 4.69) is 16.3 Å². The van der Waals surface area contributed by atoms with Gasteiger partial charge in [-0.25, -0.2) is 0 Å². The van der Waals surface area contributed by atoms with Crippen molar-refractivity contribution in [3.8, 4) is 5.75 Å². The van der Waals surface area contributed by atoms with E-state index in [1.165, 1.54) is 24.8 Å². The quantitative estimate of drug-likeness (QED) is 0.923. The van der Waals surface area contributed by atoms with Gasteiger partial charge in [-0.1, -0.05) is 18.0 Å². The molecule has 0 unspecified atom stereocenters. The van der Waals surface area contributed by atoms with Gasteiger partial charge in [-0.2, -0.15) is 0 Å². The maximum Gasteiger partial charge on any atom is 0.123 e. The van der Waals surface area contributed by atoms with Crippen molar-refractivity contribution >= 4 is 11.6 Å². The minimum atomic E-state index is 0.458. The molecule has 1 saturated heterocycles. The first-order valence-electron chi connectivity index (χ1n) is 7.58. The molecule has 0 aromatic heterocycles. The molecule has 3 nitrogen and oxygen atoms in total. The zero-order chi connectivity index (χ0) is 13.9. The lowest BCUT2D eigenvalue weighted by atomic mass is 9.76. The Bertz CT molecular complexity index is 456. The van der Waals surface area contributed by atoms with Crippen LogP contribution in [0, 0.1) is 5.92 Å². The molecule has 110 valence electrons. The average Bonchev–Trinajstić information content (AvgIpc) is 2.43. The van der Waals surface area contributed by atoms with Crippen molar-refractivity contribution in [3.63, 3.8) is 0 Å². The number of hydrogen-bond acceptors (Lipinski definition) is 3. The number of piperazine rings is 1. The second-order valence-corrected chi connectivity index (χ2v) is 6.24. The number of hydrogen-bond donors (Lipinski definition) is 1. The van der Waals surface area contributed by atoms with Crippen LogP contribution in [0.15, 0.2) is 18.2 Å². The van der Waals surface area contributed by atoms with Gasteiger partial charge in [0.25, 0.3) is 0 Å². The monoisotopic (exact) mass is 294 g/mol. The normalized spacial score (nSPS) is 22.3. The van der Waals surface area contributed by atoms with E-state index in [0.29, 0.717) is 6.04 Å². The highest BCUT2D eigenvalue weighted by molar-refractivity contribution is 6.30. The van der Waals surface area contributed by atoms with Crippen molar-refractivity contribution in [2.75, 3.05) is 33.3 Å². The smallest absolute Gasteiger partial charge is 0.123 e. The van der Waals surface area contributed by atoms with Gasteiger partial charge in [0, 0.05) is 42.8 Å². The standard InChI is InChI=1S/C16H23ClN2O/c1-20-15-6-5-13(17)11-14(15)16(12-3-2-4-12)19-9-7-18-8-10-19/h5-6,11-12,16,18H,2-4,7-10H2,1H3/t16-/m1/s1. The second-order valence-electron chi connectivity index (χ2n) is 5.81. The highest BCUT2D eigenvalue weighted by Crippen LogP contribution is 2.44. The summed E-state index contributed by atoms with van der Waals surface area (Å²) < 4.78 is 5.59. The summed E-state index contributed by atoms with van der Waals surface area (Å²) in [6, 6.07) is 6.48. The molecule has 3 rings (SSSR count). The van der Waals surface area contributed by atoms with Gasteiger partial charge in [0.05, 0.1) is 7.11 Å². The van der Waals surface area contributed by atoms with E-state index in [0.717, 1.165) is 42.9 Å². The van der Waals surface area contributed by atoms with Crippen LogP contribution in [0.2, 0.25) is 5.02 Å². The van der Waals surface area contributed by atoms with Gasteiger partial charge in [-0.05, 0) is 37.0 Å². The zero-order valence-electron chi connectivity index (χ0n) is 12.1. The Balaban J connectivity index is 1.93. The van der Waals surface area contributed by atoms with Crippen LogP contribution in [0.3, 0.4) is 0 Å². The number of rotatable bonds is 4. The van der Waals surface area contributed by atoms with Gasteiger partial charge in [0.15, 0.2) is 0 Å². The lowest BCUT2D eigenvalue weighted by Crippen LogP contribution is -2.47. The minimum absolute atomic E-state index is 0.458. The number of methoxy groups -OCH3 is 1. The van der Waals surface area contributed by atoms with E-state index in [1.54, 1.807) is 7.11 Å². The highest BCUT2D eigenvalue weighted by atomic mass is 35.5. The molecule has 0 radical (unpaired) electrons. The van der Waals surface area contributed by atoms with E-state index >= 15 is 0 Å². The molecule has 2 fully saturated rings. The second kappa shape index (κ2) is 6.33. The highest BCUT2D eigenvalue weighted by Gasteiger charge is 2.35. The number of halogens is 1. The summed E-state index contributed by atoms with van der Waals surface area (Å²) in [6.07, 6.45) is 4.00. The van der Waals surface area contributed by atoms with Crippen molar-refractivity contribution in [1.29, 1.82) is 0 Å². The summed E-state index contributed by atoms with van der Waals surface area (Å²) in [4.78, 5) is 2.61. The molecular formula is C16H23ClN2O. The Hall–Kier alpha value is -0.770. The maximum absolute atomic E-state index is 6.24. The third-order valence-corrected chi connectivity index (χ3v) is 4.89. The van der Waals surface area contributed by atoms with Crippen LogP contribution in [0.5, 0.6) is 5.75 Å². The van der Waals surface area contributed by atoms with Crippen molar-refractivity contribution in [1.82, 2.24) is 10.2 Å². The Morgan fingerprint density at radius 1 is 1.30 bits per heavy atom. The Morgan fingerprint density at radius 3 is 2.65 bits per heavy atom. The topological polar surface area (TPSA) is 24.5 Å². The first-order valence-corrected chi connectivity index (χ1v) is 7.95. The average molecular weight is 295 g/mol. The van der Waals surface area contributed by atoms with Crippen LogP contribution >= 0.6 is 11.6 Å². The maximum atomic E-state index is 6.24. The molecular weight excluding hydrogens is 272 g/mol. The summed E-state index contributed by atoms with van der Waals surface area (Å²) in [5, 5.41) is 4.24. The molecule has 1 heterocycles. The molecule has 1 N–H and O–H groups in total. The number of ether oxygens (including phenoxy) is 1. The van der Waals surface area contributed by atoms with Gasteiger partial charge >= 0.3 is 0 Å². The van der Waals surface area contributed by atoms with Crippen molar-refractivity contribution in [2.45, 2.75) is 25.3 Å². The van der Waals surface area contributed by atoms with Gasteiger partial charge < -0.3 is 10.1 Å². The van der Waals surface area contributed by atoms with Crippen LogP contribution in [-0.4, -0.2) is 38.2 Å². The Morgan fingerprint density at radius 2 is 2.05 bits per heavy atom. The summed E-state index contributed by atoms with van der Waals surface area (Å²) >= 11 is 6.24. The first kappa shape index (κ1) is 14.2. The molecule has 1 aliphatic carbocycles. The predicted molar refractivity (Wildman–Crippen MR) is 82.5 cm³/mol. The third-order valence-electron chi connectivity index (χ3n) is 4.65. The fourth-order valence-corrected chi connectivity index (χ4v) is 3.58. The van der Waals surface area contributed by atoms with E-state index in [4.69, 9.17) is 16.3 Å². The summed E-state index contributed by atoms with van der Waals surface area (Å²) in [7, 11) is 1.75. The molecule has 1 aromatic rings. The van der Waals surface area contributed by atoms with Gasteiger partial charge in [0.1, 0.15) is 5.75 Å². The molecule has 0 spiro atoms. The van der Waals surface area contributed by atoms with E-state index in [1.807, 2.05) is 12.1 Å². The lowest BCUT2D eigenvalue weighted by Gasteiger charge is -2.43. The van der Waals surface area contributed by atoms with Crippen molar-refractivity contribution in [2.24, 2.45) is 5.92 Å². The molecule has 4 heteroatoms. The number of nitrogens with one attached hydrogen (secondary N) is 1. The lowest BCUT2D eigenvalue weighted by molar-refractivity contribution is 0.0818. The Labute approximate surface area is 126 Å². The zero-order valence-corrected chi connectivity index (χ0v) is 12.8. The van der Waals surface area contributed by atoms with Crippen LogP contribution < -0.4 is 10.1 Å². The molecule has 1 saturated carbocycles. The SMILES string of the molecule is COc1ccc(Cl)cc1[C@@H](C1CCC1)N1CCNCC1. The molecule has 2 aliphatic rings. The van der Waals surface area contributed by atoms with Crippen LogP contribution in [0.25, 0.3) is 0 Å². The van der Waals surface area contributed by atoms with Gasteiger partial charge in [0.2, 0.25) is 0 Å². The summed E-state index contributed by atoms with van der Waals surface area (Å²) in [5.41, 5.74) is 1.27. The molecule has 1 aromatic carbocycles. The minimum Gasteiger partial charge on any atom is -0.496 e. The summed E-state index contributed by atoms with van der Waals surface area (Å²) in [5.74, 6) is 1.73. The van der Waals surface area contributed by atoms with Crippen molar-refractivity contribution < 1.29 is 4.74 Å². The number of benzene rings is 1. The van der Waals surface area contributed by atoms with Gasteiger partial charge in [-0.3, -0.25) is 4.90 Å². The fraction of sp³-hybridized carbons (Fsp3) is 0.625. The molecule has 0 amide bonds. The Kier molecular flexibility index (Phi) is 4.49. The third kappa shape index (κ3) is 2.80. The molecule has 0 bridgehead atoms. The largest absolute Gasteiger partial charge is 0.496 e. The summed E-state index contributed by atoms with van der Waals surface area (Å²) in [6.45, 7) is 4.37. The van der Waals surface area contributed by atoms with Crippen LogP contribution in [0.4, 0.5) is 0 Å². The predicted octanol–water partition coefficient (Wildman–Crippen LogP) is 3.10. The number of nitrogens with zero attached hydrogens (tertiary/aromatic N) is 1. The van der Waals surface area contributed by atoms with E-state index in [9.17, 15) is 0 Å². The first-order chi connectivity index (χ1) is 9.79. The van der Waals surface area contributed by atoms with Crippen molar-refractivity contribution in [3.05, 3.63) is 28.8 Å². The molecule has 1 aliphatic heterocycles. The van der Waals surface area contributed by atoms with Crippen LogP contribution in [-0.2, 0) is 0 Å². The molecule has 1 atom stereocenters. The van der Waals surface area contributed by atoms with E-state index in [-0.39, 0.29) is 0 Å². The molecule has 20 heavy (non-hydrogen) atoms.